The summed E-state index contributed by atoms with van der Waals surface area (Å²) in [5.41, 5.74) is 6.32. The number of nitrogens with two attached hydrogens (primary N) is 1. The lowest BCUT2D eigenvalue weighted by Crippen LogP contribution is -2.40. The zero-order valence-electron chi connectivity index (χ0n) is 11.1. The van der Waals surface area contributed by atoms with Gasteiger partial charge in [0.25, 0.3) is 0 Å². The standard InChI is InChI=1S/C15H25NO/c1-3-5-11-15(16,4-2)12-13-17-14-9-7-6-8-10-14/h6-10H,3-5,11-13,16H2,1-2H3. The van der Waals surface area contributed by atoms with Crippen molar-refractivity contribution in [1.29, 1.82) is 0 Å². The molecule has 0 saturated heterocycles. The summed E-state index contributed by atoms with van der Waals surface area (Å²) in [4.78, 5) is 0. The number of hydrogen-bond acceptors (Lipinski definition) is 2. The Labute approximate surface area is 105 Å². The average molecular weight is 235 g/mol. The maximum absolute atomic E-state index is 6.37. The largest absolute Gasteiger partial charge is 0.494 e. The van der Waals surface area contributed by atoms with Gasteiger partial charge in [-0.05, 0) is 31.4 Å². The number of benzene rings is 1. The first-order valence-corrected chi connectivity index (χ1v) is 6.67. The van der Waals surface area contributed by atoms with Gasteiger partial charge in [-0.15, -0.1) is 0 Å². The molecule has 0 spiro atoms. The highest BCUT2D eigenvalue weighted by Gasteiger charge is 2.21. The van der Waals surface area contributed by atoms with Gasteiger partial charge in [-0.2, -0.15) is 0 Å². The van der Waals surface area contributed by atoms with E-state index in [1.54, 1.807) is 0 Å². The third kappa shape index (κ3) is 5.22. The Morgan fingerprint density at radius 3 is 2.41 bits per heavy atom. The molecule has 1 aromatic carbocycles. The van der Waals surface area contributed by atoms with Crippen LogP contribution in [0.1, 0.15) is 46.0 Å². The minimum atomic E-state index is -0.0508. The second-order valence-electron chi connectivity index (χ2n) is 4.73. The Morgan fingerprint density at radius 1 is 1.12 bits per heavy atom. The van der Waals surface area contributed by atoms with Crippen LogP contribution in [-0.4, -0.2) is 12.1 Å². The quantitative estimate of drug-likeness (QED) is 0.744. The summed E-state index contributed by atoms with van der Waals surface area (Å²) in [6, 6.07) is 9.93. The minimum Gasteiger partial charge on any atom is -0.494 e. The molecule has 2 heteroatoms. The van der Waals surface area contributed by atoms with E-state index >= 15 is 0 Å². The maximum Gasteiger partial charge on any atom is 0.119 e. The van der Waals surface area contributed by atoms with Crippen LogP contribution in [0.2, 0.25) is 0 Å². The van der Waals surface area contributed by atoms with Crippen molar-refractivity contribution < 1.29 is 4.74 Å². The molecular weight excluding hydrogens is 210 g/mol. The molecule has 2 nitrogen and oxygen atoms in total. The van der Waals surface area contributed by atoms with E-state index in [2.05, 4.69) is 13.8 Å². The van der Waals surface area contributed by atoms with Gasteiger partial charge in [-0.1, -0.05) is 44.9 Å². The first-order chi connectivity index (χ1) is 8.20. The molecule has 0 heterocycles. The Kier molecular flexibility index (Phi) is 6.06. The van der Waals surface area contributed by atoms with E-state index in [-0.39, 0.29) is 5.54 Å². The molecule has 1 aromatic rings. The molecule has 2 N–H and O–H groups in total. The summed E-state index contributed by atoms with van der Waals surface area (Å²) in [7, 11) is 0. The summed E-state index contributed by atoms with van der Waals surface area (Å²) >= 11 is 0. The lowest BCUT2D eigenvalue weighted by molar-refractivity contribution is 0.240. The Hall–Kier alpha value is -1.02. The van der Waals surface area contributed by atoms with Gasteiger partial charge in [-0.3, -0.25) is 0 Å². The van der Waals surface area contributed by atoms with Crippen LogP contribution in [0, 0.1) is 0 Å². The van der Waals surface area contributed by atoms with Crippen molar-refractivity contribution in [2.45, 2.75) is 51.5 Å². The molecule has 0 radical (unpaired) electrons. The fraction of sp³-hybridized carbons (Fsp3) is 0.600. The third-order valence-corrected chi connectivity index (χ3v) is 3.34. The zero-order chi connectivity index (χ0) is 12.6. The third-order valence-electron chi connectivity index (χ3n) is 3.34. The molecule has 1 unspecified atom stereocenters. The van der Waals surface area contributed by atoms with E-state index in [0.717, 1.165) is 25.0 Å². The van der Waals surface area contributed by atoms with E-state index in [1.807, 2.05) is 30.3 Å². The van der Waals surface area contributed by atoms with Crippen molar-refractivity contribution in [2.24, 2.45) is 5.73 Å². The number of hydrogen-bond donors (Lipinski definition) is 1. The normalized spacial score (nSPS) is 14.3. The van der Waals surface area contributed by atoms with Crippen molar-refractivity contribution in [2.75, 3.05) is 6.61 Å². The molecular formula is C15H25NO. The highest BCUT2D eigenvalue weighted by molar-refractivity contribution is 5.20. The number of unbranched alkanes of at least 4 members (excludes halogenated alkanes) is 1. The molecule has 0 amide bonds. The van der Waals surface area contributed by atoms with Crippen LogP contribution in [0.15, 0.2) is 30.3 Å². The van der Waals surface area contributed by atoms with Gasteiger partial charge in [-0.25, -0.2) is 0 Å². The van der Waals surface area contributed by atoms with Gasteiger partial charge < -0.3 is 10.5 Å². The van der Waals surface area contributed by atoms with E-state index in [0.29, 0.717) is 6.61 Å². The minimum absolute atomic E-state index is 0.0508. The van der Waals surface area contributed by atoms with Crippen LogP contribution in [0.25, 0.3) is 0 Å². The summed E-state index contributed by atoms with van der Waals surface area (Å²) in [5.74, 6) is 0.932. The van der Waals surface area contributed by atoms with Crippen LogP contribution in [0.5, 0.6) is 5.75 Å². The van der Waals surface area contributed by atoms with Crippen molar-refractivity contribution in [1.82, 2.24) is 0 Å². The predicted molar refractivity (Wildman–Crippen MR) is 73.3 cm³/mol. The van der Waals surface area contributed by atoms with Gasteiger partial charge in [0.1, 0.15) is 5.75 Å². The van der Waals surface area contributed by atoms with E-state index in [9.17, 15) is 0 Å². The molecule has 0 saturated carbocycles. The number of rotatable bonds is 8. The van der Waals surface area contributed by atoms with E-state index in [4.69, 9.17) is 10.5 Å². The number of para-hydroxylation sites is 1. The highest BCUT2D eigenvalue weighted by Crippen LogP contribution is 2.20. The second kappa shape index (κ2) is 7.33. The topological polar surface area (TPSA) is 35.2 Å². The molecule has 0 bridgehead atoms. The fourth-order valence-electron chi connectivity index (χ4n) is 1.90. The van der Waals surface area contributed by atoms with E-state index in [1.165, 1.54) is 12.8 Å². The summed E-state index contributed by atoms with van der Waals surface area (Å²) in [6.45, 7) is 5.08. The lowest BCUT2D eigenvalue weighted by atomic mass is 9.88. The summed E-state index contributed by atoms with van der Waals surface area (Å²) < 4.78 is 5.70. The van der Waals surface area contributed by atoms with Gasteiger partial charge in [0.05, 0.1) is 6.61 Å². The van der Waals surface area contributed by atoms with Gasteiger partial charge >= 0.3 is 0 Å². The monoisotopic (exact) mass is 235 g/mol. The van der Waals surface area contributed by atoms with Crippen LogP contribution < -0.4 is 10.5 Å². The fourth-order valence-corrected chi connectivity index (χ4v) is 1.90. The molecule has 0 fully saturated rings. The Balaban J connectivity index is 2.32. The smallest absolute Gasteiger partial charge is 0.119 e. The van der Waals surface area contributed by atoms with Gasteiger partial charge in [0, 0.05) is 5.54 Å². The van der Waals surface area contributed by atoms with Crippen molar-refractivity contribution in [3.63, 3.8) is 0 Å². The Morgan fingerprint density at radius 2 is 1.82 bits per heavy atom. The second-order valence-corrected chi connectivity index (χ2v) is 4.73. The van der Waals surface area contributed by atoms with Gasteiger partial charge in [0.15, 0.2) is 0 Å². The first kappa shape index (κ1) is 14.0. The number of ether oxygens (including phenoxy) is 1. The van der Waals surface area contributed by atoms with Crippen molar-refractivity contribution in [3.8, 4) is 5.75 Å². The molecule has 0 aliphatic heterocycles. The SMILES string of the molecule is CCCCC(N)(CC)CCOc1ccccc1. The lowest BCUT2D eigenvalue weighted by Gasteiger charge is -2.28. The van der Waals surface area contributed by atoms with Crippen LogP contribution in [0.3, 0.4) is 0 Å². The predicted octanol–water partition coefficient (Wildman–Crippen LogP) is 3.75. The molecule has 0 aliphatic rings. The van der Waals surface area contributed by atoms with Crippen LogP contribution in [-0.2, 0) is 0 Å². The zero-order valence-corrected chi connectivity index (χ0v) is 11.1. The van der Waals surface area contributed by atoms with Crippen molar-refractivity contribution >= 4 is 0 Å². The molecule has 1 rings (SSSR count). The van der Waals surface area contributed by atoms with Crippen LogP contribution in [0.4, 0.5) is 0 Å². The molecule has 0 aliphatic carbocycles. The molecule has 96 valence electrons. The molecule has 1 atom stereocenters. The first-order valence-electron chi connectivity index (χ1n) is 6.67. The Bertz CT molecular complexity index is 299. The average Bonchev–Trinajstić information content (AvgIpc) is 2.38. The van der Waals surface area contributed by atoms with Gasteiger partial charge in [0.2, 0.25) is 0 Å². The van der Waals surface area contributed by atoms with Crippen LogP contribution >= 0.6 is 0 Å². The summed E-state index contributed by atoms with van der Waals surface area (Å²) in [6.07, 6.45) is 5.45. The summed E-state index contributed by atoms with van der Waals surface area (Å²) in [5, 5.41) is 0. The molecule has 17 heavy (non-hydrogen) atoms. The van der Waals surface area contributed by atoms with E-state index < -0.39 is 0 Å². The maximum atomic E-state index is 6.37. The molecule has 0 aromatic heterocycles. The van der Waals surface area contributed by atoms with Crippen molar-refractivity contribution in [3.05, 3.63) is 30.3 Å². The highest BCUT2D eigenvalue weighted by atomic mass is 16.5.